The molecule has 41 heavy (non-hydrogen) atoms. The molecule has 1 saturated carbocycles. The number of rotatable bonds is 4. The summed E-state index contributed by atoms with van der Waals surface area (Å²) in [5.41, 5.74) is 3.38. The van der Waals surface area contributed by atoms with Gasteiger partial charge < -0.3 is 23.7 Å². The molecule has 7 rings (SSSR count). The Morgan fingerprint density at radius 2 is 1.85 bits per heavy atom. The summed E-state index contributed by atoms with van der Waals surface area (Å²) in [6.45, 7) is 8.41. The minimum Gasteiger partial charge on any atom is -0.444 e. The summed E-state index contributed by atoms with van der Waals surface area (Å²) < 4.78 is 9.94. The molecule has 0 spiro atoms. The fourth-order valence-electron chi connectivity index (χ4n) is 6.49. The molecule has 0 radical (unpaired) electrons. The Kier molecular flexibility index (Phi) is 6.06. The highest BCUT2D eigenvalue weighted by Crippen LogP contribution is 2.36. The normalized spacial score (nSPS) is 21.1. The molecule has 2 aliphatic heterocycles. The summed E-state index contributed by atoms with van der Waals surface area (Å²) in [4.78, 5) is 44.6. The predicted molar refractivity (Wildman–Crippen MR) is 155 cm³/mol. The highest BCUT2D eigenvalue weighted by atomic mass is 16.6. The van der Waals surface area contributed by atoms with Gasteiger partial charge in [0.25, 0.3) is 5.91 Å². The zero-order valence-electron chi connectivity index (χ0n) is 24.2. The summed E-state index contributed by atoms with van der Waals surface area (Å²) in [6.07, 6.45) is 7.51. The monoisotopic (exact) mass is 555 g/mol. The van der Waals surface area contributed by atoms with E-state index in [2.05, 4.69) is 21.7 Å². The Labute approximate surface area is 239 Å². The van der Waals surface area contributed by atoms with Crippen molar-refractivity contribution in [3.8, 4) is 11.5 Å². The van der Waals surface area contributed by atoms with Gasteiger partial charge in [0.05, 0.1) is 17.3 Å². The molecule has 2 atom stereocenters. The second-order valence-corrected chi connectivity index (χ2v) is 12.9. The molecule has 4 aromatic rings. The van der Waals surface area contributed by atoms with E-state index in [4.69, 9.17) is 14.7 Å². The Hall–Kier alpha value is -3.95. The van der Waals surface area contributed by atoms with Gasteiger partial charge in [-0.15, -0.1) is 0 Å². The van der Waals surface area contributed by atoms with Crippen LogP contribution in [0.15, 0.2) is 36.7 Å². The highest BCUT2D eigenvalue weighted by molar-refractivity contribution is 5.97. The number of likely N-dealkylation sites (tertiary alicyclic amines) is 2. The number of piperidine rings is 1. The smallest absolute Gasteiger partial charge is 0.410 e. The number of carbonyl (C=O) groups excluding carboxylic acids is 2. The Morgan fingerprint density at radius 3 is 2.63 bits per heavy atom. The summed E-state index contributed by atoms with van der Waals surface area (Å²) in [5, 5.41) is 1.09. The van der Waals surface area contributed by atoms with E-state index in [0.29, 0.717) is 42.6 Å². The van der Waals surface area contributed by atoms with Crippen LogP contribution in [0.1, 0.15) is 56.8 Å². The summed E-state index contributed by atoms with van der Waals surface area (Å²) in [5.74, 6) is 1.81. The lowest BCUT2D eigenvalue weighted by molar-refractivity contribution is 0.0122. The molecule has 10 nitrogen and oxygen atoms in total. The topological polar surface area (TPSA) is 98.4 Å². The number of nitrogens with zero attached hydrogens (tertiary/aromatic N) is 7. The van der Waals surface area contributed by atoms with Crippen molar-refractivity contribution in [2.24, 2.45) is 18.9 Å². The number of fused-ring (bicyclic) bond motifs is 3. The maximum absolute atomic E-state index is 13.7. The Morgan fingerprint density at radius 1 is 1.05 bits per heavy atom. The molecule has 1 aliphatic carbocycles. The third-order valence-corrected chi connectivity index (χ3v) is 8.76. The number of imidazole rings is 1. The van der Waals surface area contributed by atoms with Gasteiger partial charge in [0.2, 0.25) is 0 Å². The van der Waals surface area contributed by atoms with Crippen LogP contribution in [0, 0.1) is 11.8 Å². The molecule has 6 heterocycles. The van der Waals surface area contributed by atoms with E-state index in [1.54, 1.807) is 6.20 Å². The van der Waals surface area contributed by atoms with Gasteiger partial charge in [-0.3, -0.25) is 4.79 Å². The molecule has 0 aromatic carbocycles. The van der Waals surface area contributed by atoms with E-state index in [0.717, 1.165) is 47.6 Å². The molecule has 3 aliphatic rings. The first kappa shape index (κ1) is 26.0. The predicted octanol–water partition coefficient (Wildman–Crippen LogP) is 4.87. The van der Waals surface area contributed by atoms with Crippen LogP contribution in [0.2, 0.25) is 0 Å². The van der Waals surface area contributed by atoms with Crippen LogP contribution in [0.25, 0.3) is 33.7 Å². The molecule has 214 valence electrons. The van der Waals surface area contributed by atoms with Crippen LogP contribution in [-0.2, 0) is 18.3 Å². The van der Waals surface area contributed by atoms with E-state index >= 15 is 0 Å². The molecule has 10 heteroatoms. The highest BCUT2D eigenvalue weighted by Gasteiger charge is 2.43. The zero-order chi connectivity index (χ0) is 28.5. The molecule has 3 fully saturated rings. The number of aromatic nitrogens is 5. The van der Waals surface area contributed by atoms with E-state index in [9.17, 15) is 9.59 Å². The average molecular weight is 556 g/mol. The van der Waals surface area contributed by atoms with Crippen molar-refractivity contribution < 1.29 is 14.3 Å². The molecular formula is C31H37N7O3. The second-order valence-electron chi connectivity index (χ2n) is 12.9. The molecular weight excluding hydrogens is 518 g/mol. The van der Waals surface area contributed by atoms with Crippen molar-refractivity contribution in [3.63, 3.8) is 0 Å². The largest absolute Gasteiger partial charge is 0.444 e. The summed E-state index contributed by atoms with van der Waals surface area (Å²) in [7, 11) is 1.97. The minimum absolute atomic E-state index is 0.0253. The lowest BCUT2D eigenvalue weighted by Crippen LogP contribution is -2.52. The van der Waals surface area contributed by atoms with Crippen LogP contribution < -0.4 is 0 Å². The zero-order valence-corrected chi connectivity index (χ0v) is 24.2. The molecule has 0 unspecified atom stereocenters. The molecule has 0 N–H and O–H groups in total. The van der Waals surface area contributed by atoms with Crippen LogP contribution in [-0.4, -0.2) is 77.2 Å². The number of carbonyl (C=O) groups is 2. The number of ether oxygens (including phenoxy) is 1. The second kappa shape index (κ2) is 9.56. The van der Waals surface area contributed by atoms with Gasteiger partial charge in [0.1, 0.15) is 16.8 Å². The van der Waals surface area contributed by atoms with Crippen molar-refractivity contribution in [1.82, 2.24) is 33.9 Å². The number of aryl methyl sites for hydroxylation is 1. The maximum Gasteiger partial charge on any atom is 0.410 e. The first-order chi connectivity index (χ1) is 19.7. The SMILES string of the molecule is Cn1c(-c2cc3cccnc3n2CC2CC2)nc2cc(C(=O)N3CC[C@@H]4CCN(C(=O)OC(C)(C)C)[C@@H]4C3)cnc21. The molecule has 2 amide bonds. The van der Waals surface area contributed by atoms with E-state index in [1.807, 2.05) is 60.5 Å². The fraction of sp³-hybridized carbons (Fsp3) is 0.516. The first-order valence-corrected chi connectivity index (χ1v) is 14.7. The maximum atomic E-state index is 13.7. The van der Waals surface area contributed by atoms with Crippen molar-refractivity contribution in [2.75, 3.05) is 19.6 Å². The van der Waals surface area contributed by atoms with Crippen molar-refractivity contribution in [3.05, 3.63) is 42.2 Å². The van der Waals surface area contributed by atoms with Crippen molar-refractivity contribution >= 4 is 34.2 Å². The van der Waals surface area contributed by atoms with E-state index < -0.39 is 5.60 Å². The van der Waals surface area contributed by atoms with Crippen LogP contribution in [0.5, 0.6) is 0 Å². The van der Waals surface area contributed by atoms with Crippen LogP contribution in [0.3, 0.4) is 0 Å². The van der Waals surface area contributed by atoms with Gasteiger partial charge in [-0.2, -0.15) is 0 Å². The first-order valence-electron chi connectivity index (χ1n) is 14.7. The third kappa shape index (κ3) is 4.73. The van der Waals surface area contributed by atoms with Gasteiger partial charge in [0.15, 0.2) is 11.5 Å². The van der Waals surface area contributed by atoms with Crippen molar-refractivity contribution in [1.29, 1.82) is 0 Å². The van der Waals surface area contributed by atoms with Gasteiger partial charge in [0, 0.05) is 51.0 Å². The Bertz CT molecular complexity index is 1660. The van der Waals surface area contributed by atoms with E-state index in [-0.39, 0.29) is 18.0 Å². The van der Waals surface area contributed by atoms with Gasteiger partial charge in [-0.05, 0) is 82.6 Å². The van der Waals surface area contributed by atoms with Crippen molar-refractivity contribution in [2.45, 2.75) is 64.6 Å². The van der Waals surface area contributed by atoms with Gasteiger partial charge >= 0.3 is 6.09 Å². The number of hydrogen-bond donors (Lipinski definition) is 0. The number of amides is 2. The van der Waals surface area contributed by atoms with Crippen LogP contribution >= 0.6 is 0 Å². The Balaban J connectivity index is 1.16. The minimum atomic E-state index is -0.551. The average Bonchev–Trinajstić information content (AvgIpc) is 3.41. The number of pyridine rings is 2. The molecule has 2 saturated heterocycles. The van der Waals surface area contributed by atoms with Gasteiger partial charge in [-0.1, -0.05) is 0 Å². The quantitative estimate of drug-likeness (QED) is 0.357. The molecule has 4 aromatic heterocycles. The third-order valence-electron chi connectivity index (χ3n) is 8.76. The lowest BCUT2D eigenvalue weighted by Gasteiger charge is -2.38. The summed E-state index contributed by atoms with van der Waals surface area (Å²) in [6, 6.07) is 8.03. The van der Waals surface area contributed by atoms with Crippen LogP contribution in [0.4, 0.5) is 4.79 Å². The van der Waals surface area contributed by atoms with Gasteiger partial charge in [-0.25, -0.2) is 19.7 Å². The lowest BCUT2D eigenvalue weighted by atomic mass is 9.92. The summed E-state index contributed by atoms with van der Waals surface area (Å²) >= 11 is 0. The fourth-order valence-corrected chi connectivity index (χ4v) is 6.49. The number of hydrogen-bond acceptors (Lipinski definition) is 6. The van der Waals surface area contributed by atoms with E-state index in [1.165, 1.54) is 12.8 Å². The standard InChI is InChI=1S/C31H37N7O3/c1-31(2,3)41-30(40)37-13-10-20-9-12-36(18-25(20)37)29(39)22-14-23-27(33-16-22)35(4)28(34-23)24-15-21-6-5-11-32-26(21)38(24)17-19-7-8-19/h5-6,11,14-16,19-20,25H,7-10,12-13,17-18H2,1-4H3/t20-,25-/m1/s1. The molecule has 0 bridgehead atoms.